The van der Waals surface area contributed by atoms with Crippen LogP contribution in [0.15, 0.2) is 83.0 Å². The van der Waals surface area contributed by atoms with Gasteiger partial charge < -0.3 is 19.4 Å². The van der Waals surface area contributed by atoms with E-state index in [-0.39, 0.29) is 63.3 Å². The highest BCUT2D eigenvalue weighted by atomic mass is 35.5. The third-order valence-corrected chi connectivity index (χ3v) is 9.61. The minimum absolute atomic E-state index is 0.0415. The summed E-state index contributed by atoms with van der Waals surface area (Å²) in [4.78, 5) is 25.7. The zero-order valence-corrected chi connectivity index (χ0v) is 26.4. The number of likely N-dealkylation sites (tertiary alicyclic amines) is 1. The number of nitriles is 1. The molecule has 2 aromatic carbocycles. The molecule has 1 amide bonds. The Labute approximate surface area is 276 Å². The Morgan fingerprint density at radius 3 is 2.68 bits per heavy atom. The molecule has 6 rings (SSSR count). The SMILES string of the molecule is [C-]#[N+]C[C@H]1CN(C2=C(C#N)C(OC[C@@H]3C[C@@H](F)CN3C)=NC3C(F)=C(c4cccc5cccc(Cl)c45)C=CC23)CCN1C(=O)C(=C)F. The van der Waals surface area contributed by atoms with Crippen molar-refractivity contribution in [3.05, 3.63) is 100 Å². The van der Waals surface area contributed by atoms with E-state index in [0.29, 0.717) is 27.2 Å². The van der Waals surface area contributed by atoms with E-state index in [2.05, 4.69) is 22.5 Å². The van der Waals surface area contributed by atoms with Crippen molar-refractivity contribution in [2.75, 3.05) is 46.4 Å². The van der Waals surface area contributed by atoms with Crippen molar-refractivity contribution in [3.63, 3.8) is 0 Å². The molecule has 47 heavy (non-hydrogen) atoms. The standard InChI is InChI=1S/C35H32ClF3N6O2/c1-20(37)35(46)45-13-12-44(18-24(45)16-41-2)33-27-11-10-26(25-8-4-6-21-7-5-9-29(36)30(21)25)31(39)32(27)42-34(28(33)15-40)47-19-23-14-22(38)17-43(23)3/h4-11,22-24,27,32H,1,12-14,16-19H2,3H3/t22-,23+,24+,27?,32?/m1/s1. The molecular weight excluding hydrogens is 629 g/mol. The lowest BCUT2D eigenvalue weighted by Gasteiger charge is -2.44. The Morgan fingerprint density at radius 1 is 1.23 bits per heavy atom. The van der Waals surface area contributed by atoms with Crippen molar-refractivity contribution in [2.24, 2.45) is 10.9 Å². The monoisotopic (exact) mass is 660 g/mol. The van der Waals surface area contributed by atoms with Crippen molar-refractivity contribution in [2.45, 2.75) is 30.7 Å². The van der Waals surface area contributed by atoms with E-state index in [9.17, 15) is 18.8 Å². The number of hydrogen-bond donors (Lipinski definition) is 0. The van der Waals surface area contributed by atoms with Gasteiger partial charge in [-0.05, 0) is 30.5 Å². The molecule has 1 aliphatic carbocycles. The van der Waals surface area contributed by atoms with Gasteiger partial charge in [-0.1, -0.05) is 60.7 Å². The smallest absolute Gasteiger partial charge is 0.282 e. The van der Waals surface area contributed by atoms with Crippen molar-refractivity contribution in [1.29, 1.82) is 5.26 Å². The van der Waals surface area contributed by atoms with Gasteiger partial charge in [0.25, 0.3) is 5.91 Å². The molecule has 2 fully saturated rings. The van der Waals surface area contributed by atoms with Gasteiger partial charge >= 0.3 is 0 Å². The molecule has 0 spiro atoms. The molecule has 3 heterocycles. The lowest BCUT2D eigenvalue weighted by atomic mass is 9.81. The third-order valence-electron chi connectivity index (χ3n) is 9.29. The van der Waals surface area contributed by atoms with Crippen molar-refractivity contribution >= 4 is 39.8 Å². The van der Waals surface area contributed by atoms with Gasteiger partial charge in [0.1, 0.15) is 42.3 Å². The average Bonchev–Trinajstić information content (AvgIpc) is 3.39. The number of likely N-dealkylation sites (N-methyl/N-ethyl adjacent to an activating group) is 1. The van der Waals surface area contributed by atoms with Crippen LogP contribution in [-0.2, 0) is 9.53 Å². The number of aliphatic imine (C=N–C) groups is 1. The number of amides is 1. The summed E-state index contributed by atoms with van der Waals surface area (Å²) in [6, 6.07) is 11.1. The quantitative estimate of drug-likeness (QED) is 0.285. The minimum atomic E-state index is -1.12. The summed E-state index contributed by atoms with van der Waals surface area (Å²) in [6.07, 6.45) is 2.72. The number of dihydropyridines is 1. The summed E-state index contributed by atoms with van der Waals surface area (Å²) < 4.78 is 51.0. The first-order valence-electron chi connectivity index (χ1n) is 15.3. The molecule has 3 aliphatic heterocycles. The first-order chi connectivity index (χ1) is 22.6. The van der Waals surface area contributed by atoms with Gasteiger partial charge in [-0.2, -0.15) is 5.26 Å². The molecule has 2 saturated heterocycles. The summed E-state index contributed by atoms with van der Waals surface area (Å²) in [5, 5.41) is 12.5. The van der Waals surface area contributed by atoms with Crippen molar-refractivity contribution in [1.82, 2.24) is 14.7 Å². The number of rotatable bonds is 6. The Kier molecular flexibility index (Phi) is 9.14. The first-order valence-corrected chi connectivity index (χ1v) is 15.7. The number of benzene rings is 2. The molecule has 0 bridgehead atoms. The largest absolute Gasteiger partial charge is 0.475 e. The fourth-order valence-electron chi connectivity index (χ4n) is 7.01. The van der Waals surface area contributed by atoms with Crippen molar-refractivity contribution < 1.29 is 22.7 Å². The number of halogens is 4. The van der Waals surface area contributed by atoms with Gasteiger partial charge in [0.2, 0.25) is 12.4 Å². The van der Waals surface area contributed by atoms with Gasteiger partial charge in [-0.25, -0.2) is 24.7 Å². The molecule has 0 radical (unpaired) electrons. The highest BCUT2D eigenvalue weighted by molar-refractivity contribution is 6.36. The number of ether oxygens (including phenoxy) is 1. The molecule has 0 aromatic heterocycles. The fraction of sp³-hybridized carbons (Fsp3) is 0.371. The van der Waals surface area contributed by atoms with Crippen LogP contribution in [0, 0.1) is 23.8 Å². The number of fused-ring (bicyclic) bond motifs is 2. The van der Waals surface area contributed by atoms with Crippen LogP contribution in [0.25, 0.3) is 21.2 Å². The summed E-state index contributed by atoms with van der Waals surface area (Å²) in [7, 11) is 1.79. The van der Waals surface area contributed by atoms with E-state index < -0.39 is 41.7 Å². The second-order valence-corrected chi connectivity index (χ2v) is 12.5. The number of carbonyl (C=O) groups is 1. The topological polar surface area (TPSA) is 76.5 Å². The summed E-state index contributed by atoms with van der Waals surface area (Å²) in [6.45, 7) is 11.1. The van der Waals surface area contributed by atoms with Crippen LogP contribution in [0.3, 0.4) is 0 Å². The Hall–Kier alpha value is -4.58. The maximum absolute atomic E-state index is 16.9. The zero-order valence-electron chi connectivity index (χ0n) is 25.7. The molecule has 12 heteroatoms. The van der Waals surface area contributed by atoms with Crippen LogP contribution in [0.1, 0.15) is 12.0 Å². The van der Waals surface area contributed by atoms with Crippen LogP contribution < -0.4 is 0 Å². The molecule has 0 N–H and O–H groups in total. The summed E-state index contributed by atoms with van der Waals surface area (Å²) in [5.74, 6) is -3.33. The Balaban J connectivity index is 1.42. The van der Waals surface area contributed by atoms with Gasteiger partial charge in [0.05, 0.1) is 0 Å². The predicted molar refractivity (Wildman–Crippen MR) is 174 cm³/mol. The Bertz CT molecular complexity index is 1840. The number of carbonyl (C=O) groups excluding carboxylic acids is 1. The second kappa shape index (κ2) is 13.3. The highest BCUT2D eigenvalue weighted by Crippen LogP contribution is 2.44. The predicted octanol–water partition coefficient (Wildman–Crippen LogP) is 5.89. The molecular formula is C35H32ClF3N6O2. The lowest BCUT2D eigenvalue weighted by molar-refractivity contribution is -0.132. The van der Waals surface area contributed by atoms with Crippen molar-refractivity contribution in [3.8, 4) is 6.07 Å². The normalized spacial score (nSPS) is 26.2. The maximum Gasteiger partial charge on any atom is 0.282 e. The number of hydrogen-bond acceptors (Lipinski definition) is 6. The van der Waals surface area contributed by atoms with E-state index in [1.807, 2.05) is 34.1 Å². The maximum atomic E-state index is 16.9. The fourth-order valence-corrected chi connectivity index (χ4v) is 7.29. The molecule has 4 aliphatic rings. The van der Waals surface area contributed by atoms with Crippen LogP contribution in [0.5, 0.6) is 0 Å². The van der Waals surface area contributed by atoms with Crippen LogP contribution in [0.4, 0.5) is 13.2 Å². The lowest BCUT2D eigenvalue weighted by Crippen LogP contribution is -2.57. The number of alkyl halides is 1. The average molecular weight is 661 g/mol. The van der Waals surface area contributed by atoms with E-state index in [1.165, 1.54) is 4.90 Å². The number of allylic oxidation sites excluding steroid dienone is 2. The first kappa shape index (κ1) is 32.4. The van der Waals surface area contributed by atoms with Crippen LogP contribution in [-0.4, -0.2) is 97.2 Å². The van der Waals surface area contributed by atoms with Gasteiger partial charge in [0.15, 0.2) is 5.83 Å². The van der Waals surface area contributed by atoms with E-state index >= 15 is 4.39 Å². The number of piperazine rings is 1. The summed E-state index contributed by atoms with van der Waals surface area (Å²) >= 11 is 6.60. The molecule has 0 saturated carbocycles. The summed E-state index contributed by atoms with van der Waals surface area (Å²) in [5.41, 5.74) is 1.42. The minimum Gasteiger partial charge on any atom is -0.475 e. The highest BCUT2D eigenvalue weighted by Gasteiger charge is 2.44. The number of nitrogens with zero attached hydrogens (tertiary/aromatic N) is 6. The van der Waals surface area contributed by atoms with E-state index in [0.717, 1.165) is 5.39 Å². The van der Waals surface area contributed by atoms with Crippen LogP contribution in [0.2, 0.25) is 5.02 Å². The van der Waals surface area contributed by atoms with Gasteiger partial charge in [-0.15, -0.1) is 0 Å². The Morgan fingerprint density at radius 2 is 2.00 bits per heavy atom. The second-order valence-electron chi connectivity index (χ2n) is 12.1. The third kappa shape index (κ3) is 6.02. The molecule has 8 nitrogen and oxygen atoms in total. The molecule has 2 unspecified atom stereocenters. The molecule has 2 aromatic rings. The van der Waals surface area contributed by atoms with Gasteiger partial charge in [0, 0.05) is 59.8 Å². The molecule has 5 atom stereocenters. The van der Waals surface area contributed by atoms with E-state index in [1.54, 1.807) is 31.3 Å². The zero-order chi connectivity index (χ0) is 33.4. The van der Waals surface area contributed by atoms with E-state index in [4.69, 9.17) is 22.9 Å². The molecule has 242 valence electrons. The van der Waals surface area contributed by atoms with Crippen LogP contribution >= 0.6 is 11.6 Å². The van der Waals surface area contributed by atoms with Gasteiger partial charge in [-0.3, -0.25) is 9.69 Å².